The van der Waals surface area contributed by atoms with Gasteiger partial charge in [0.25, 0.3) is 5.91 Å². The van der Waals surface area contributed by atoms with E-state index in [0.29, 0.717) is 35.9 Å². The molecule has 0 bridgehead atoms. The molecule has 0 spiro atoms. The first-order chi connectivity index (χ1) is 9.25. The minimum Gasteiger partial charge on any atom is -0.444 e. The Morgan fingerprint density at radius 2 is 2.00 bits per heavy atom. The van der Waals surface area contributed by atoms with Gasteiger partial charge in [0.2, 0.25) is 5.89 Å². The normalized spacial score (nSPS) is 14.0. The van der Waals surface area contributed by atoms with Gasteiger partial charge < -0.3 is 15.1 Å². The van der Waals surface area contributed by atoms with Crippen molar-refractivity contribution in [3.05, 3.63) is 48.4 Å². The summed E-state index contributed by atoms with van der Waals surface area (Å²) >= 11 is 0. The molecule has 5 heteroatoms. The van der Waals surface area contributed by atoms with E-state index in [1.165, 1.54) is 6.26 Å². The third-order valence-corrected chi connectivity index (χ3v) is 3.02. The molecule has 1 amide bonds. The molecule has 3 rings (SSSR count). The summed E-state index contributed by atoms with van der Waals surface area (Å²) in [6.45, 7) is 1.24. The fraction of sp³-hybridized carbons (Fsp3) is 0.143. The Kier molecular flexibility index (Phi) is 2.79. The lowest BCUT2D eigenvalue weighted by Gasteiger charge is -2.12. The van der Waals surface area contributed by atoms with E-state index in [1.807, 2.05) is 30.4 Å². The number of rotatable bonds is 2. The van der Waals surface area contributed by atoms with Crippen molar-refractivity contribution in [2.75, 3.05) is 18.8 Å². The van der Waals surface area contributed by atoms with Crippen LogP contribution in [0.2, 0.25) is 0 Å². The number of hydrogen-bond acceptors (Lipinski definition) is 4. The van der Waals surface area contributed by atoms with Crippen LogP contribution in [0.1, 0.15) is 10.5 Å². The maximum Gasteiger partial charge on any atom is 0.276 e. The molecule has 0 atom stereocenters. The van der Waals surface area contributed by atoms with Crippen molar-refractivity contribution in [1.29, 1.82) is 0 Å². The third-order valence-electron chi connectivity index (χ3n) is 3.02. The van der Waals surface area contributed by atoms with Gasteiger partial charge in [-0.3, -0.25) is 4.79 Å². The number of oxazole rings is 1. The van der Waals surface area contributed by atoms with Crippen LogP contribution < -0.4 is 5.73 Å². The Balaban J connectivity index is 1.87. The monoisotopic (exact) mass is 255 g/mol. The number of hydrogen-bond donors (Lipinski definition) is 1. The Hall–Kier alpha value is -2.56. The van der Waals surface area contributed by atoms with Gasteiger partial charge in [0.15, 0.2) is 5.69 Å². The summed E-state index contributed by atoms with van der Waals surface area (Å²) in [6.07, 6.45) is 5.28. The molecular formula is C14H13N3O2. The van der Waals surface area contributed by atoms with E-state index >= 15 is 0 Å². The second-order valence-corrected chi connectivity index (χ2v) is 4.31. The maximum absolute atomic E-state index is 12.1. The van der Waals surface area contributed by atoms with Crippen molar-refractivity contribution in [3.63, 3.8) is 0 Å². The highest BCUT2D eigenvalue weighted by molar-refractivity contribution is 5.93. The fourth-order valence-electron chi connectivity index (χ4n) is 1.99. The van der Waals surface area contributed by atoms with Crippen molar-refractivity contribution < 1.29 is 9.21 Å². The van der Waals surface area contributed by atoms with Crippen LogP contribution in [0.25, 0.3) is 11.5 Å². The number of nitrogen functional groups attached to an aromatic ring is 1. The highest BCUT2D eigenvalue weighted by Gasteiger charge is 2.20. The minimum absolute atomic E-state index is 0.130. The number of carbonyl (C=O) groups is 1. The van der Waals surface area contributed by atoms with Crippen molar-refractivity contribution in [1.82, 2.24) is 9.88 Å². The standard InChI is InChI=1S/C14H13N3O2/c15-11-6-2-1-5-10(11)13-16-12(9-19-13)14(18)17-7-3-4-8-17/h1-6,9H,7-8,15H2. The van der Waals surface area contributed by atoms with E-state index in [-0.39, 0.29) is 5.91 Å². The summed E-state index contributed by atoms with van der Waals surface area (Å²) in [5.74, 6) is 0.239. The Bertz CT molecular complexity index is 638. The minimum atomic E-state index is -0.130. The summed E-state index contributed by atoms with van der Waals surface area (Å²) in [5.41, 5.74) is 7.43. The zero-order valence-electron chi connectivity index (χ0n) is 10.2. The zero-order chi connectivity index (χ0) is 13.2. The molecule has 0 saturated heterocycles. The van der Waals surface area contributed by atoms with Gasteiger partial charge in [-0.2, -0.15) is 0 Å². The number of nitrogens with zero attached hydrogens (tertiary/aromatic N) is 2. The van der Waals surface area contributed by atoms with E-state index in [9.17, 15) is 4.79 Å². The number of carbonyl (C=O) groups excluding carboxylic acids is 1. The number of anilines is 1. The van der Waals surface area contributed by atoms with Crippen LogP contribution in [0.15, 0.2) is 47.1 Å². The van der Waals surface area contributed by atoms with Crippen molar-refractivity contribution >= 4 is 11.6 Å². The van der Waals surface area contributed by atoms with Crippen LogP contribution in [0.5, 0.6) is 0 Å². The lowest BCUT2D eigenvalue weighted by atomic mass is 10.2. The average Bonchev–Trinajstić information content (AvgIpc) is 3.10. The van der Waals surface area contributed by atoms with Crippen LogP contribution >= 0.6 is 0 Å². The molecule has 5 nitrogen and oxygen atoms in total. The first-order valence-electron chi connectivity index (χ1n) is 6.00. The zero-order valence-corrected chi connectivity index (χ0v) is 10.2. The van der Waals surface area contributed by atoms with Gasteiger partial charge >= 0.3 is 0 Å². The van der Waals surface area contributed by atoms with Crippen molar-refractivity contribution in [2.24, 2.45) is 0 Å². The molecule has 0 saturated carbocycles. The van der Waals surface area contributed by atoms with Gasteiger partial charge in [-0.15, -0.1) is 0 Å². The molecular weight excluding hydrogens is 242 g/mol. The molecule has 1 aliphatic heterocycles. The molecule has 0 fully saturated rings. The second kappa shape index (κ2) is 4.61. The molecule has 1 aromatic carbocycles. The van der Waals surface area contributed by atoms with E-state index < -0.39 is 0 Å². The van der Waals surface area contributed by atoms with Gasteiger partial charge in [-0.05, 0) is 12.1 Å². The van der Waals surface area contributed by atoms with Crippen LogP contribution in [-0.2, 0) is 0 Å². The third kappa shape index (κ3) is 2.10. The van der Waals surface area contributed by atoms with Gasteiger partial charge in [-0.1, -0.05) is 24.3 Å². The average molecular weight is 255 g/mol. The van der Waals surface area contributed by atoms with Gasteiger partial charge in [-0.25, -0.2) is 4.98 Å². The molecule has 2 N–H and O–H groups in total. The van der Waals surface area contributed by atoms with Crippen LogP contribution in [0, 0.1) is 0 Å². The fourth-order valence-corrected chi connectivity index (χ4v) is 1.99. The Morgan fingerprint density at radius 1 is 1.26 bits per heavy atom. The molecule has 1 aliphatic rings. The molecule has 19 heavy (non-hydrogen) atoms. The van der Waals surface area contributed by atoms with Crippen LogP contribution in [0.3, 0.4) is 0 Å². The quantitative estimate of drug-likeness (QED) is 0.657. The first-order valence-corrected chi connectivity index (χ1v) is 6.00. The first kappa shape index (κ1) is 11.5. The summed E-state index contributed by atoms with van der Waals surface area (Å²) in [7, 11) is 0. The Labute approximate surface area is 110 Å². The van der Waals surface area contributed by atoms with E-state index in [2.05, 4.69) is 4.98 Å². The molecule has 0 radical (unpaired) electrons. The Morgan fingerprint density at radius 3 is 2.74 bits per heavy atom. The maximum atomic E-state index is 12.1. The van der Waals surface area contributed by atoms with Crippen LogP contribution in [0.4, 0.5) is 5.69 Å². The lowest BCUT2D eigenvalue weighted by molar-refractivity contribution is 0.0794. The van der Waals surface area contributed by atoms with E-state index in [0.717, 1.165) is 0 Å². The highest BCUT2D eigenvalue weighted by Crippen LogP contribution is 2.25. The summed E-state index contributed by atoms with van der Waals surface area (Å²) < 4.78 is 5.35. The smallest absolute Gasteiger partial charge is 0.276 e. The largest absolute Gasteiger partial charge is 0.444 e. The van der Waals surface area contributed by atoms with Crippen LogP contribution in [-0.4, -0.2) is 28.9 Å². The molecule has 0 unspecified atom stereocenters. The summed E-state index contributed by atoms with van der Waals surface area (Å²) in [5, 5.41) is 0. The predicted octanol–water partition coefficient (Wildman–Crippen LogP) is 1.94. The topological polar surface area (TPSA) is 72.4 Å². The van der Waals surface area contributed by atoms with Gasteiger partial charge in [0.1, 0.15) is 6.26 Å². The SMILES string of the molecule is Nc1ccccc1-c1nc(C(=O)N2CC=CC2)co1. The number of benzene rings is 1. The number of aromatic nitrogens is 1. The van der Waals surface area contributed by atoms with Gasteiger partial charge in [0, 0.05) is 18.8 Å². The van der Waals surface area contributed by atoms with E-state index in [1.54, 1.807) is 11.0 Å². The van der Waals surface area contributed by atoms with Crippen molar-refractivity contribution in [2.45, 2.75) is 0 Å². The van der Waals surface area contributed by atoms with Gasteiger partial charge in [0.05, 0.1) is 5.56 Å². The molecule has 2 heterocycles. The van der Waals surface area contributed by atoms with Crippen molar-refractivity contribution in [3.8, 4) is 11.5 Å². The van der Waals surface area contributed by atoms with E-state index in [4.69, 9.17) is 10.2 Å². The lowest BCUT2D eigenvalue weighted by Crippen LogP contribution is -2.28. The number of nitrogens with two attached hydrogens (primary N) is 1. The summed E-state index contributed by atoms with van der Waals surface area (Å²) in [6, 6.07) is 7.27. The molecule has 96 valence electrons. The predicted molar refractivity (Wildman–Crippen MR) is 71.4 cm³/mol. The highest BCUT2D eigenvalue weighted by atomic mass is 16.3. The molecule has 0 aliphatic carbocycles. The summed E-state index contributed by atoms with van der Waals surface area (Å²) in [4.78, 5) is 18.0. The molecule has 2 aromatic rings. The molecule has 1 aromatic heterocycles. The number of para-hydroxylation sites is 1. The second-order valence-electron chi connectivity index (χ2n) is 4.31. The number of amides is 1.